The maximum Gasteiger partial charge on any atom is 0.146 e. The first kappa shape index (κ1) is 12.4. The van der Waals surface area contributed by atoms with Gasteiger partial charge in [-0.1, -0.05) is 0 Å². The van der Waals surface area contributed by atoms with Crippen molar-refractivity contribution in [3.8, 4) is 5.75 Å². The van der Waals surface area contributed by atoms with Crippen LogP contribution in [-0.4, -0.2) is 16.7 Å². The summed E-state index contributed by atoms with van der Waals surface area (Å²) in [4.78, 5) is 4.22. The van der Waals surface area contributed by atoms with Gasteiger partial charge in [-0.2, -0.15) is 0 Å². The number of methoxy groups -OCH3 is 1. The predicted octanol–water partition coefficient (Wildman–Crippen LogP) is 2.66. The van der Waals surface area contributed by atoms with Crippen molar-refractivity contribution in [1.29, 1.82) is 0 Å². The zero-order valence-corrected chi connectivity index (χ0v) is 10.5. The number of halogens is 1. The number of aryl methyl sites for hydroxylation is 1. The fourth-order valence-corrected chi connectivity index (χ4v) is 1.74. The third-order valence-corrected chi connectivity index (χ3v) is 2.75. The molecule has 96 valence electrons. The van der Waals surface area contributed by atoms with Crippen molar-refractivity contribution in [1.82, 2.24) is 9.55 Å². The molecule has 0 atom stereocenters. The van der Waals surface area contributed by atoms with Crippen molar-refractivity contribution in [2.75, 3.05) is 12.4 Å². The van der Waals surface area contributed by atoms with Gasteiger partial charge in [0.25, 0.3) is 0 Å². The quantitative estimate of drug-likeness (QED) is 0.885. The highest BCUT2D eigenvalue weighted by atomic mass is 19.1. The Balaban J connectivity index is 2.10. The van der Waals surface area contributed by atoms with E-state index in [0.29, 0.717) is 18.0 Å². The third-order valence-electron chi connectivity index (χ3n) is 2.75. The number of imidazole rings is 1. The highest BCUT2D eigenvalue weighted by Gasteiger charge is 2.06. The van der Waals surface area contributed by atoms with Crippen LogP contribution in [0.3, 0.4) is 0 Å². The Morgan fingerprint density at radius 2 is 2.28 bits per heavy atom. The lowest BCUT2D eigenvalue weighted by Gasteiger charge is -2.10. The van der Waals surface area contributed by atoms with Crippen LogP contribution in [0.4, 0.5) is 10.1 Å². The average molecular weight is 249 g/mol. The van der Waals surface area contributed by atoms with E-state index in [2.05, 4.69) is 10.3 Å². The molecule has 0 fully saturated rings. The van der Waals surface area contributed by atoms with Gasteiger partial charge in [0.1, 0.15) is 17.4 Å². The van der Waals surface area contributed by atoms with Gasteiger partial charge in [0.05, 0.1) is 19.3 Å². The maximum absolute atomic E-state index is 13.6. The molecular weight excluding hydrogens is 233 g/mol. The molecule has 0 aliphatic heterocycles. The second-order valence-electron chi connectivity index (χ2n) is 3.83. The van der Waals surface area contributed by atoms with Gasteiger partial charge in [0, 0.05) is 25.0 Å². The summed E-state index contributed by atoms with van der Waals surface area (Å²) in [5, 5.41) is 3.03. The molecule has 2 rings (SSSR count). The molecule has 1 aromatic heterocycles. The normalized spacial score (nSPS) is 10.4. The smallest absolute Gasteiger partial charge is 0.146 e. The van der Waals surface area contributed by atoms with Crippen LogP contribution in [0.15, 0.2) is 30.6 Å². The fourth-order valence-electron chi connectivity index (χ4n) is 1.74. The number of anilines is 1. The number of nitrogens with zero attached hydrogens (tertiary/aromatic N) is 2. The summed E-state index contributed by atoms with van der Waals surface area (Å²) in [6, 6.07) is 4.61. The van der Waals surface area contributed by atoms with Crippen molar-refractivity contribution in [2.45, 2.75) is 20.0 Å². The number of hydrogen-bond donors (Lipinski definition) is 1. The molecule has 4 nitrogen and oxygen atoms in total. The highest BCUT2D eigenvalue weighted by Crippen LogP contribution is 2.21. The van der Waals surface area contributed by atoms with Crippen LogP contribution < -0.4 is 10.1 Å². The Kier molecular flexibility index (Phi) is 3.82. The van der Waals surface area contributed by atoms with Gasteiger partial charge in [-0.25, -0.2) is 9.37 Å². The van der Waals surface area contributed by atoms with Gasteiger partial charge in [0.15, 0.2) is 0 Å². The molecule has 0 aliphatic carbocycles. The summed E-state index contributed by atoms with van der Waals surface area (Å²) in [5.74, 6) is 1.20. The molecule has 1 N–H and O–H groups in total. The average Bonchev–Trinajstić information content (AvgIpc) is 2.85. The van der Waals surface area contributed by atoms with Crippen LogP contribution in [0.2, 0.25) is 0 Å². The van der Waals surface area contributed by atoms with Crippen LogP contribution in [0, 0.1) is 5.82 Å². The summed E-state index contributed by atoms with van der Waals surface area (Å²) >= 11 is 0. The Morgan fingerprint density at radius 3 is 3.00 bits per heavy atom. The van der Waals surface area contributed by atoms with Crippen LogP contribution in [0.5, 0.6) is 5.75 Å². The fraction of sp³-hybridized carbons (Fsp3) is 0.308. The Hall–Kier alpha value is -2.04. The first-order chi connectivity index (χ1) is 8.74. The Morgan fingerprint density at radius 1 is 1.44 bits per heavy atom. The van der Waals surface area contributed by atoms with E-state index in [-0.39, 0.29) is 5.82 Å². The molecule has 1 aromatic carbocycles. The zero-order valence-electron chi connectivity index (χ0n) is 10.5. The summed E-state index contributed by atoms with van der Waals surface area (Å²) < 4.78 is 20.6. The number of hydrogen-bond acceptors (Lipinski definition) is 3. The minimum atomic E-state index is -0.301. The van der Waals surface area contributed by atoms with Crippen molar-refractivity contribution < 1.29 is 9.13 Å². The van der Waals surface area contributed by atoms with E-state index in [1.165, 1.54) is 6.07 Å². The van der Waals surface area contributed by atoms with E-state index in [4.69, 9.17) is 4.74 Å². The summed E-state index contributed by atoms with van der Waals surface area (Å²) in [5.41, 5.74) is 0.417. The predicted molar refractivity (Wildman–Crippen MR) is 68.2 cm³/mol. The molecular formula is C13H16FN3O. The molecule has 1 heterocycles. The molecule has 18 heavy (non-hydrogen) atoms. The van der Waals surface area contributed by atoms with Crippen molar-refractivity contribution in [3.05, 3.63) is 42.2 Å². The van der Waals surface area contributed by atoms with Gasteiger partial charge in [-0.15, -0.1) is 0 Å². The monoisotopic (exact) mass is 249 g/mol. The second kappa shape index (κ2) is 5.53. The number of rotatable bonds is 5. The minimum absolute atomic E-state index is 0.301. The van der Waals surface area contributed by atoms with Gasteiger partial charge in [-0.05, 0) is 19.1 Å². The number of aromatic nitrogens is 2. The van der Waals surface area contributed by atoms with E-state index >= 15 is 0 Å². The lowest BCUT2D eigenvalue weighted by molar-refractivity contribution is 0.414. The molecule has 0 aliphatic rings. The Labute approximate surface area is 105 Å². The van der Waals surface area contributed by atoms with E-state index in [9.17, 15) is 4.39 Å². The third kappa shape index (κ3) is 2.61. The standard InChI is InChI=1S/C13H16FN3O/c1-3-17-7-6-15-13(17)9-16-12-8-10(18-2)4-5-11(12)14/h4-8,16H,3,9H2,1-2H3. The molecule has 0 saturated heterocycles. The maximum atomic E-state index is 13.6. The largest absolute Gasteiger partial charge is 0.497 e. The van der Waals surface area contributed by atoms with Gasteiger partial charge < -0.3 is 14.6 Å². The Bertz CT molecular complexity index is 525. The summed E-state index contributed by atoms with van der Waals surface area (Å²) in [7, 11) is 1.56. The van der Waals surface area contributed by atoms with Crippen molar-refractivity contribution >= 4 is 5.69 Å². The number of ether oxygens (including phenoxy) is 1. The second-order valence-corrected chi connectivity index (χ2v) is 3.83. The highest BCUT2D eigenvalue weighted by molar-refractivity contribution is 5.49. The molecule has 0 spiro atoms. The molecule has 0 radical (unpaired) electrons. The van der Waals surface area contributed by atoms with Crippen LogP contribution >= 0.6 is 0 Å². The molecule has 0 saturated carbocycles. The van der Waals surface area contributed by atoms with Gasteiger partial charge in [0.2, 0.25) is 0 Å². The first-order valence-corrected chi connectivity index (χ1v) is 5.82. The van der Waals surface area contributed by atoms with E-state index in [0.717, 1.165) is 12.4 Å². The summed E-state index contributed by atoms with van der Waals surface area (Å²) in [6.45, 7) is 3.36. The number of nitrogens with one attached hydrogen (secondary N) is 1. The van der Waals surface area contributed by atoms with Crippen molar-refractivity contribution in [3.63, 3.8) is 0 Å². The number of benzene rings is 1. The first-order valence-electron chi connectivity index (χ1n) is 5.82. The van der Waals surface area contributed by atoms with E-state index < -0.39 is 0 Å². The lowest BCUT2D eigenvalue weighted by Crippen LogP contribution is -2.08. The van der Waals surface area contributed by atoms with Gasteiger partial charge in [-0.3, -0.25) is 0 Å². The minimum Gasteiger partial charge on any atom is -0.497 e. The van der Waals surface area contributed by atoms with Crippen LogP contribution in [0.25, 0.3) is 0 Å². The van der Waals surface area contributed by atoms with Crippen molar-refractivity contribution in [2.24, 2.45) is 0 Å². The SMILES string of the molecule is CCn1ccnc1CNc1cc(OC)ccc1F. The topological polar surface area (TPSA) is 39.1 Å². The van der Waals surface area contributed by atoms with Crippen LogP contribution in [-0.2, 0) is 13.1 Å². The lowest BCUT2D eigenvalue weighted by atomic mass is 10.3. The van der Waals surface area contributed by atoms with Gasteiger partial charge >= 0.3 is 0 Å². The molecule has 0 amide bonds. The summed E-state index contributed by atoms with van der Waals surface area (Å²) in [6.07, 6.45) is 3.64. The molecule has 0 bridgehead atoms. The van der Waals surface area contributed by atoms with E-state index in [1.54, 1.807) is 25.4 Å². The van der Waals surface area contributed by atoms with E-state index in [1.807, 2.05) is 17.7 Å². The molecule has 0 unspecified atom stereocenters. The van der Waals surface area contributed by atoms with Crippen LogP contribution in [0.1, 0.15) is 12.7 Å². The molecule has 5 heteroatoms. The zero-order chi connectivity index (χ0) is 13.0. The molecule has 2 aromatic rings.